The molecule has 0 bridgehead atoms. The maximum absolute atomic E-state index is 12.5. The van der Waals surface area contributed by atoms with E-state index in [1.807, 2.05) is 12.1 Å². The Bertz CT molecular complexity index is 1080. The maximum atomic E-state index is 12.5. The van der Waals surface area contributed by atoms with Gasteiger partial charge in [-0.2, -0.15) is 0 Å². The van der Waals surface area contributed by atoms with Gasteiger partial charge in [0.25, 0.3) is 0 Å². The van der Waals surface area contributed by atoms with E-state index in [2.05, 4.69) is 9.97 Å². The minimum Gasteiger partial charge on any atom is -0.382 e. The summed E-state index contributed by atoms with van der Waals surface area (Å²) in [5.74, 6) is 0.188. The van der Waals surface area contributed by atoms with Crippen LogP contribution in [-0.2, 0) is 16.1 Å². The average Bonchev–Trinajstić information content (AvgIpc) is 3.28. The van der Waals surface area contributed by atoms with Crippen LogP contribution in [0.25, 0.3) is 16.3 Å². The molecule has 3 aromatic heterocycles. The molecule has 1 fully saturated rings. The van der Waals surface area contributed by atoms with Crippen LogP contribution >= 0.6 is 34.3 Å². The first-order chi connectivity index (χ1) is 13.5. The van der Waals surface area contributed by atoms with Crippen molar-refractivity contribution in [3.63, 3.8) is 0 Å². The Morgan fingerprint density at radius 1 is 1.29 bits per heavy atom. The van der Waals surface area contributed by atoms with E-state index in [0.717, 1.165) is 20.0 Å². The van der Waals surface area contributed by atoms with Crippen LogP contribution in [-0.4, -0.2) is 51.2 Å². The van der Waals surface area contributed by atoms with Gasteiger partial charge in [-0.15, -0.1) is 22.7 Å². The highest BCUT2D eigenvalue weighted by atomic mass is 35.5. The van der Waals surface area contributed by atoms with Gasteiger partial charge < -0.3 is 15.5 Å². The van der Waals surface area contributed by atoms with E-state index < -0.39 is 0 Å². The zero-order chi connectivity index (χ0) is 19.7. The third kappa shape index (κ3) is 4.01. The van der Waals surface area contributed by atoms with Crippen LogP contribution in [0.4, 0.5) is 5.82 Å². The van der Waals surface area contributed by atoms with Crippen LogP contribution in [0.15, 0.2) is 30.6 Å². The standard InChI is InChI=1S/C18H16ClN5O2S2/c19-14-3-1-11(27-14)2-4-15(25)24-6-5-23(16(26)9-24)8-12-7-13-17(28-12)18(20)22-10-21-13/h1-4,7,10H,5-6,8-9H2,(H2,20,21,22). The number of halogens is 1. The van der Waals surface area contributed by atoms with Crippen LogP contribution in [0, 0.1) is 0 Å². The van der Waals surface area contributed by atoms with E-state index in [-0.39, 0.29) is 18.4 Å². The molecule has 144 valence electrons. The lowest BCUT2D eigenvalue weighted by Gasteiger charge is -2.33. The highest BCUT2D eigenvalue weighted by molar-refractivity contribution is 7.19. The van der Waals surface area contributed by atoms with Crippen LogP contribution in [0.3, 0.4) is 0 Å². The van der Waals surface area contributed by atoms with Gasteiger partial charge in [-0.25, -0.2) is 9.97 Å². The first-order valence-electron chi connectivity index (χ1n) is 8.48. The van der Waals surface area contributed by atoms with E-state index in [1.165, 1.54) is 35.1 Å². The lowest BCUT2D eigenvalue weighted by Crippen LogP contribution is -2.51. The third-order valence-electron chi connectivity index (χ3n) is 4.35. The lowest BCUT2D eigenvalue weighted by molar-refractivity contribution is -0.143. The number of nitrogens with zero attached hydrogens (tertiary/aromatic N) is 4. The number of aromatic nitrogens is 2. The number of amides is 2. The van der Waals surface area contributed by atoms with E-state index in [9.17, 15) is 9.59 Å². The van der Waals surface area contributed by atoms with Crippen molar-refractivity contribution in [3.05, 3.63) is 44.7 Å². The molecule has 4 rings (SSSR count). The lowest BCUT2D eigenvalue weighted by atomic mass is 10.2. The predicted molar refractivity (Wildman–Crippen MR) is 112 cm³/mol. The second-order valence-corrected chi connectivity index (χ2v) is 9.12. The summed E-state index contributed by atoms with van der Waals surface area (Å²) in [6, 6.07) is 5.56. The summed E-state index contributed by atoms with van der Waals surface area (Å²) < 4.78 is 1.50. The Hall–Kier alpha value is -2.49. The smallest absolute Gasteiger partial charge is 0.247 e. The van der Waals surface area contributed by atoms with Crippen molar-refractivity contribution >= 4 is 68.2 Å². The molecule has 7 nitrogen and oxygen atoms in total. The molecular formula is C18H16ClN5O2S2. The average molecular weight is 434 g/mol. The second-order valence-electron chi connectivity index (χ2n) is 6.24. The molecule has 0 radical (unpaired) electrons. The van der Waals surface area contributed by atoms with Gasteiger partial charge in [0.15, 0.2) is 0 Å². The molecule has 1 aliphatic rings. The highest BCUT2D eigenvalue weighted by Crippen LogP contribution is 2.28. The maximum Gasteiger partial charge on any atom is 0.247 e. The second kappa shape index (κ2) is 7.86. The molecule has 3 aromatic rings. The van der Waals surface area contributed by atoms with Crippen molar-refractivity contribution < 1.29 is 9.59 Å². The Morgan fingerprint density at radius 3 is 2.86 bits per heavy atom. The van der Waals surface area contributed by atoms with Crippen molar-refractivity contribution in [1.82, 2.24) is 19.8 Å². The first kappa shape index (κ1) is 18.9. The number of fused-ring (bicyclic) bond motifs is 1. The molecule has 2 amide bonds. The molecule has 1 aliphatic heterocycles. The first-order valence-corrected chi connectivity index (χ1v) is 10.5. The topological polar surface area (TPSA) is 92.4 Å². The summed E-state index contributed by atoms with van der Waals surface area (Å²) in [5, 5.41) is 0. The van der Waals surface area contributed by atoms with Crippen molar-refractivity contribution in [2.75, 3.05) is 25.4 Å². The molecule has 4 heterocycles. The van der Waals surface area contributed by atoms with Gasteiger partial charge in [-0.1, -0.05) is 11.6 Å². The number of rotatable bonds is 4. The number of carbonyl (C=O) groups excluding carboxylic acids is 2. The largest absolute Gasteiger partial charge is 0.382 e. The molecule has 0 aliphatic carbocycles. The molecule has 0 aromatic carbocycles. The molecule has 0 atom stereocenters. The van der Waals surface area contributed by atoms with Gasteiger partial charge in [0.2, 0.25) is 11.8 Å². The number of carbonyl (C=O) groups is 2. The van der Waals surface area contributed by atoms with E-state index >= 15 is 0 Å². The van der Waals surface area contributed by atoms with E-state index in [4.69, 9.17) is 17.3 Å². The zero-order valence-corrected chi connectivity index (χ0v) is 17.1. The van der Waals surface area contributed by atoms with Gasteiger partial charge in [-0.3, -0.25) is 9.59 Å². The molecule has 0 spiro atoms. The normalized spacial score (nSPS) is 15.1. The van der Waals surface area contributed by atoms with Crippen LogP contribution in [0.2, 0.25) is 4.34 Å². The van der Waals surface area contributed by atoms with Crippen molar-refractivity contribution in [2.45, 2.75) is 6.54 Å². The van der Waals surface area contributed by atoms with Gasteiger partial charge in [0.05, 0.1) is 21.1 Å². The van der Waals surface area contributed by atoms with E-state index in [0.29, 0.717) is 29.8 Å². The monoisotopic (exact) mass is 433 g/mol. The number of nitrogen functional groups attached to an aromatic ring is 1. The Kier molecular flexibility index (Phi) is 5.29. The summed E-state index contributed by atoms with van der Waals surface area (Å²) >= 11 is 8.77. The Morgan fingerprint density at radius 2 is 2.14 bits per heavy atom. The number of thiophene rings is 2. The molecular weight excluding hydrogens is 418 g/mol. The fourth-order valence-corrected chi connectivity index (χ4v) is 4.92. The third-order valence-corrected chi connectivity index (χ3v) is 6.68. The van der Waals surface area contributed by atoms with Crippen molar-refractivity contribution in [3.8, 4) is 0 Å². The zero-order valence-electron chi connectivity index (χ0n) is 14.7. The Labute approximate surface area is 174 Å². The Balaban J connectivity index is 1.38. The highest BCUT2D eigenvalue weighted by Gasteiger charge is 2.26. The minimum atomic E-state index is -0.178. The van der Waals surface area contributed by atoms with Gasteiger partial charge in [-0.05, 0) is 24.3 Å². The number of piperazine rings is 1. The molecule has 0 saturated carbocycles. The fourth-order valence-electron chi connectivity index (χ4n) is 2.93. The summed E-state index contributed by atoms with van der Waals surface area (Å²) in [6.07, 6.45) is 4.64. The molecule has 10 heteroatoms. The predicted octanol–water partition coefficient (Wildman–Crippen LogP) is 2.87. The quantitative estimate of drug-likeness (QED) is 0.638. The van der Waals surface area contributed by atoms with Crippen LogP contribution in [0.5, 0.6) is 0 Å². The van der Waals surface area contributed by atoms with Gasteiger partial charge >= 0.3 is 0 Å². The minimum absolute atomic E-state index is 0.0706. The fraction of sp³-hybridized carbons (Fsp3) is 0.222. The number of nitrogens with two attached hydrogens (primary N) is 1. The molecule has 1 saturated heterocycles. The molecule has 2 N–H and O–H groups in total. The number of anilines is 1. The van der Waals surface area contributed by atoms with Crippen LogP contribution in [0.1, 0.15) is 9.75 Å². The van der Waals surface area contributed by atoms with Gasteiger partial charge in [0.1, 0.15) is 18.7 Å². The summed E-state index contributed by atoms with van der Waals surface area (Å²) in [7, 11) is 0. The molecule has 0 unspecified atom stereocenters. The summed E-state index contributed by atoms with van der Waals surface area (Å²) in [4.78, 5) is 38.3. The molecule has 28 heavy (non-hydrogen) atoms. The van der Waals surface area contributed by atoms with Gasteiger partial charge in [0, 0.05) is 28.9 Å². The van der Waals surface area contributed by atoms with Crippen LogP contribution < -0.4 is 5.73 Å². The van der Waals surface area contributed by atoms with Crippen molar-refractivity contribution in [1.29, 1.82) is 0 Å². The SMILES string of the molecule is Nc1ncnc2cc(CN3CCN(C(=O)C=Cc4ccc(Cl)s4)CC3=O)sc12. The number of hydrogen-bond donors (Lipinski definition) is 1. The van der Waals surface area contributed by atoms with E-state index in [1.54, 1.807) is 21.9 Å². The number of hydrogen-bond acceptors (Lipinski definition) is 7. The van der Waals surface area contributed by atoms with Crippen molar-refractivity contribution in [2.24, 2.45) is 0 Å². The summed E-state index contributed by atoms with van der Waals surface area (Å²) in [6.45, 7) is 1.53. The summed E-state index contributed by atoms with van der Waals surface area (Å²) in [5.41, 5.74) is 6.66.